The van der Waals surface area contributed by atoms with Gasteiger partial charge in [-0.3, -0.25) is 14.3 Å². The van der Waals surface area contributed by atoms with Crippen LogP contribution in [-0.2, 0) is 23.8 Å². The highest BCUT2D eigenvalue weighted by Gasteiger charge is 2.48. The summed E-state index contributed by atoms with van der Waals surface area (Å²) in [6.07, 6.45) is 0.406. The summed E-state index contributed by atoms with van der Waals surface area (Å²) >= 11 is 1.22. The van der Waals surface area contributed by atoms with Gasteiger partial charge in [0.25, 0.3) is 5.12 Å². The molecule has 0 bridgehead atoms. The van der Waals surface area contributed by atoms with Crippen molar-refractivity contribution in [2.24, 2.45) is 0 Å². The Morgan fingerprint density at radius 2 is 2.25 bits per heavy atom. The smallest absolute Gasteiger partial charge is 0.304 e. The van der Waals surface area contributed by atoms with E-state index >= 15 is 0 Å². The van der Waals surface area contributed by atoms with E-state index in [1.165, 1.54) is 25.8 Å². The summed E-state index contributed by atoms with van der Waals surface area (Å²) in [5.41, 5.74) is 0. The van der Waals surface area contributed by atoms with Gasteiger partial charge in [0.2, 0.25) is 12.1 Å². The Kier molecular flexibility index (Phi) is 4.76. The van der Waals surface area contributed by atoms with Gasteiger partial charge < -0.3 is 9.47 Å². The first-order chi connectivity index (χ1) is 7.54. The molecule has 1 rings (SSSR count). The van der Waals surface area contributed by atoms with Gasteiger partial charge >= 0.3 is 5.97 Å². The molecule has 1 fully saturated rings. The third-order valence-corrected chi connectivity index (χ3v) is 3.39. The normalized spacial score (nSPS) is 29.1. The summed E-state index contributed by atoms with van der Waals surface area (Å²) in [7, 11) is 1.41. The highest BCUT2D eigenvalue weighted by molar-refractivity contribution is 8.01. The third-order valence-electron chi connectivity index (χ3n) is 2.08. The molecular weight excluding hydrogens is 232 g/mol. The van der Waals surface area contributed by atoms with E-state index in [1.54, 1.807) is 0 Å². The summed E-state index contributed by atoms with van der Waals surface area (Å²) in [5, 5.41) is -1.30. The number of carbonyl (C=O) groups excluding carboxylic acids is 2. The number of hydrogen-bond donors (Lipinski definition) is 0. The molecule has 0 N–H and O–H groups in total. The van der Waals surface area contributed by atoms with Crippen LogP contribution in [0.15, 0.2) is 0 Å². The van der Waals surface area contributed by atoms with Gasteiger partial charge in [-0.15, -0.1) is 0 Å². The van der Waals surface area contributed by atoms with E-state index in [2.05, 4.69) is 0 Å². The molecule has 2 atom stereocenters. The second-order valence-electron chi connectivity index (χ2n) is 3.40. The van der Waals surface area contributed by atoms with Crippen LogP contribution in [0.2, 0.25) is 0 Å². The predicted molar refractivity (Wildman–Crippen MR) is 58.8 cm³/mol. The zero-order chi connectivity index (χ0) is 12.2. The first-order valence-electron chi connectivity index (χ1n) is 5.11. The van der Waals surface area contributed by atoms with E-state index in [0.717, 1.165) is 6.42 Å². The monoisotopic (exact) mass is 248 g/mol. The minimum absolute atomic E-state index is 0.128. The van der Waals surface area contributed by atoms with Crippen molar-refractivity contribution in [1.29, 1.82) is 0 Å². The number of carbonyl (C=O) groups is 2. The second-order valence-corrected chi connectivity index (χ2v) is 4.56. The van der Waals surface area contributed by atoms with Gasteiger partial charge in [0.05, 0.1) is 5.75 Å². The van der Waals surface area contributed by atoms with Crippen LogP contribution in [0.4, 0.5) is 0 Å². The molecule has 1 aliphatic heterocycles. The van der Waals surface area contributed by atoms with Crippen molar-refractivity contribution in [1.82, 2.24) is 0 Å². The van der Waals surface area contributed by atoms with Crippen LogP contribution in [0.5, 0.6) is 0 Å². The van der Waals surface area contributed by atoms with Crippen LogP contribution in [-0.4, -0.2) is 36.0 Å². The zero-order valence-electron chi connectivity index (χ0n) is 9.65. The Morgan fingerprint density at radius 3 is 2.75 bits per heavy atom. The lowest BCUT2D eigenvalue weighted by Crippen LogP contribution is -2.38. The van der Waals surface area contributed by atoms with Gasteiger partial charge in [0.15, 0.2) is 0 Å². The van der Waals surface area contributed by atoms with Crippen LogP contribution >= 0.6 is 11.8 Å². The summed E-state index contributed by atoms with van der Waals surface area (Å²) < 4.78 is 15.4. The average molecular weight is 248 g/mol. The lowest BCUT2D eigenvalue weighted by Gasteiger charge is -2.24. The number of ketones is 1. The van der Waals surface area contributed by atoms with Crippen LogP contribution in [0.25, 0.3) is 0 Å². The Morgan fingerprint density at radius 1 is 1.56 bits per heavy atom. The number of methoxy groups -OCH3 is 1. The van der Waals surface area contributed by atoms with E-state index in [-0.39, 0.29) is 5.78 Å². The number of esters is 1. The molecule has 0 spiro atoms. The standard InChI is InChI=1S/C10H16O5S/c1-4-5-8(12)10(13-3)15-9(6-16-10)14-7(2)11/h9H,4-6H2,1-3H3. The molecule has 0 aromatic heterocycles. The maximum atomic E-state index is 11.8. The molecule has 0 amide bonds. The fourth-order valence-electron chi connectivity index (χ4n) is 1.41. The van der Waals surface area contributed by atoms with Crippen LogP contribution in [0.1, 0.15) is 26.7 Å². The van der Waals surface area contributed by atoms with Crippen LogP contribution in [0.3, 0.4) is 0 Å². The first-order valence-corrected chi connectivity index (χ1v) is 6.10. The molecule has 6 heteroatoms. The largest absolute Gasteiger partial charge is 0.435 e. The molecule has 92 valence electrons. The van der Waals surface area contributed by atoms with Crippen molar-refractivity contribution in [3.63, 3.8) is 0 Å². The molecule has 2 unspecified atom stereocenters. The lowest BCUT2D eigenvalue weighted by atomic mass is 10.2. The molecule has 0 aliphatic carbocycles. The molecule has 1 saturated heterocycles. The average Bonchev–Trinajstić information content (AvgIpc) is 2.62. The van der Waals surface area contributed by atoms with E-state index in [9.17, 15) is 9.59 Å². The number of rotatable bonds is 5. The van der Waals surface area contributed by atoms with Crippen molar-refractivity contribution < 1.29 is 23.8 Å². The number of ether oxygens (including phenoxy) is 3. The summed E-state index contributed by atoms with van der Waals surface area (Å²) in [6, 6.07) is 0. The SMILES string of the molecule is CCCC(=O)C1(OC)OC(OC(C)=O)CS1. The topological polar surface area (TPSA) is 61.8 Å². The zero-order valence-corrected chi connectivity index (χ0v) is 10.5. The van der Waals surface area contributed by atoms with Crippen molar-refractivity contribution in [3.05, 3.63) is 0 Å². The van der Waals surface area contributed by atoms with Crippen LogP contribution in [0, 0.1) is 0 Å². The molecule has 1 heterocycles. The predicted octanol–water partition coefficient (Wildman–Crippen LogP) is 1.31. The number of thioether (sulfide) groups is 1. The van der Waals surface area contributed by atoms with Gasteiger partial charge in [-0.1, -0.05) is 18.7 Å². The molecular formula is C10H16O5S. The third kappa shape index (κ3) is 2.96. The highest BCUT2D eigenvalue weighted by atomic mass is 32.2. The van der Waals surface area contributed by atoms with Gasteiger partial charge in [-0.25, -0.2) is 0 Å². The van der Waals surface area contributed by atoms with Gasteiger partial charge in [0.1, 0.15) is 0 Å². The van der Waals surface area contributed by atoms with E-state index < -0.39 is 17.4 Å². The number of hydrogen-bond acceptors (Lipinski definition) is 6. The molecule has 1 aliphatic rings. The quantitative estimate of drug-likeness (QED) is 0.684. The fourth-order valence-corrected chi connectivity index (χ4v) is 2.46. The second kappa shape index (κ2) is 5.65. The Hall–Kier alpha value is -0.590. The number of Topliss-reactive ketones (excluding diaryl/α,β-unsaturated/α-hetero) is 1. The fraction of sp³-hybridized carbons (Fsp3) is 0.800. The van der Waals surface area contributed by atoms with Gasteiger partial charge in [0, 0.05) is 20.5 Å². The van der Waals surface area contributed by atoms with Crippen molar-refractivity contribution in [3.8, 4) is 0 Å². The summed E-state index contributed by atoms with van der Waals surface area (Å²) in [4.78, 5) is 22.6. The van der Waals surface area contributed by atoms with Crippen molar-refractivity contribution >= 4 is 23.5 Å². The Balaban J connectivity index is 2.63. The first kappa shape index (κ1) is 13.5. The minimum atomic E-state index is -1.30. The van der Waals surface area contributed by atoms with E-state index in [0.29, 0.717) is 12.2 Å². The molecule has 0 radical (unpaired) electrons. The van der Waals surface area contributed by atoms with Gasteiger partial charge in [-0.2, -0.15) is 0 Å². The van der Waals surface area contributed by atoms with Crippen LogP contribution < -0.4 is 0 Å². The minimum Gasteiger partial charge on any atom is -0.435 e. The van der Waals surface area contributed by atoms with Gasteiger partial charge in [-0.05, 0) is 6.42 Å². The highest BCUT2D eigenvalue weighted by Crippen LogP contribution is 2.39. The maximum absolute atomic E-state index is 11.8. The Labute approximate surface area is 98.8 Å². The molecule has 0 saturated carbocycles. The van der Waals surface area contributed by atoms with Crippen molar-refractivity contribution in [2.75, 3.05) is 12.9 Å². The van der Waals surface area contributed by atoms with Crippen molar-refractivity contribution in [2.45, 2.75) is 38.1 Å². The summed E-state index contributed by atoms with van der Waals surface area (Å²) in [6.45, 7) is 3.21. The lowest BCUT2D eigenvalue weighted by molar-refractivity contribution is -0.227. The van der Waals surface area contributed by atoms with E-state index in [4.69, 9.17) is 14.2 Å². The Bertz CT molecular complexity index is 280. The summed E-state index contributed by atoms with van der Waals surface area (Å²) in [5.74, 6) is -0.152. The maximum Gasteiger partial charge on any atom is 0.304 e. The molecule has 0 aromatic rings. The van der Waals surface area contributed by atoms with E-state index in [1.807, 2.05) is 6.92 Å². The molecule has 0 aromatic carbocycles. The molecule has 5 nitrogen and oxygen atoms in total. The molecule has 16 heavy (non-hydrogen) atoms.